The summed E-state index contributed by atoms with van der Waals surface area (Å²) in [6, 6.07) is 4.65. The fraction of sp³-hybridized carbons (Fsp3) is 0.417. The van der Waals surface area contributed by atoms with Gasteiger partial charge in [-0.1, -0.05) is 26.8 Å². The van der Waals surface area contributed by atoms with E-state index >= 15 is 0 Å². The molecule has 1 amide bonds. The summed E-state index contributed by atoms with van der Waals surface area (Å²) in [4.78, 5) is 22.0. The van der Waals surface area contributed by atoms with Gasteiger partial charge in [-0.05, 0) is 13.0 Å². The Morgan fingerprint density at radius 1 is 1.35 bits per heavy atom. The zero-order valence-electron chi connectivity index (χ0n) is 10.4. The van der Waals surface area contributed by atoms with Gasteiger partial charge >= 0.3 is 0 Å². The molecule has 0 bridgehead atoms. The number of nitro groups is 1. The van der Waals surface area contributed by atoms with E-state index in [1.807, 2.05) is 0 Å². The number of hydrogen-bond donors (Lipinski definition) is 1. The van der Waals surface area contributed by atoms with Crippen molar-refractivity contribution >= 4 is 17.3 Å². The highest BCUT2D eigenvalue weighted by Crippen LogP contribution is 2.24. The monoisotopic (exact) mass is 236 g/mol. The summed E-state index contributed by atoms with van der Waals surface area (Å²) in [6.45, 7) is 7.01. The first-order chi connectivity index (χ1) is 7.71. The van der Waals surface area contributed by atoms with E-state index in [9.17, 15) is 14.9 Å². The van der Waals surface area contributed by atoms with Gasteiger partial charge in [0.05, 0.1) is 4.92 Å². The molecule has 1 aromatic carbocycles. The van der Waals surface area contributed by atoms with Gasteiger partial charge in [-0.25, -0.2) is 0 Å². The van der Waals surface area contributed by atoms with Gasteiger partial charge in [-0.3, -0.25) is 14.9 Å². The van der Waals surface area contributed by atoms with E-state index in [2.05, 4.69) is 5.32 Å². The Bertz CT molecular complexity index is 461. The molecule has 0 saturated heterocycles. The fourth-order valence-electron chi connectivity index (χ4n) is 1.20. The van der Waals surface area contributed by atoms with Crippen molar-refractivity contribution in [1.82, 2.24) is 0 Å². The predicted molar refractivity (Wildman–Crippen MR) is 65.9 cm³/mol. The normalized spacial score (nSPS) is 11.1. The molecule has 0 heterocycles. The Morgan fingerprint density at radius 3 is 2.41 bits per heavy atom. The van der Waals surface area contributed by atoms with E-state index < -0.39 is 10.3 Å². The van der Waals surface area contributed by atoms with Crippen molar-refractivity contribution in [1.29, 1.82) is 0 Å². The van der Waals surface area contributed by atoms with Crippen LogP contribution in [-0.2, 0) is 4.79 Å². The number of anilines is 1. The molecule has 0 aliphatic rings. The van der Waals surface area contributed by atoms with Crippen molar-refractivity contribution in [2.24, 2.45) is 5.41 Å². The second-order valence-electron chi connectivity index (χ2n) is 4.96. The summed E-state index contributed by atoms with van der Waals surface area (Å²) in [5.74, 6) is -0.171. The molecule has 0 unspecified atom stereocenters. The second-order valence-corrected chi connectivity index (χ2v) is 4.96. The van der Waals surface area contributed by atoms with Crippen molar-refractivity contribution in [2.45, 2.75) is 27.7 Å². The van der Waals surface area contributed by atoms with Crippen molar-refractivity contribution < 1.29 is 9.72 Å². The third kappa shape index (κ3) is 3.27. The van der Waals surface area contributed by atoms with Gasteiger partial charge in [-0.15, -0.1) is 0 Å². The molecule has 5 nitrogen and oxygen atoms in total. The summed E-state index contributed by atoms with van der Waals surface area (Å²) in [5.41, 5.74) is 0.502. The molecule has 1 N–H and O–H groups in total. The SMILES string of the molecule is Cc1ccc(NC(=O)C(C)(C)C)cc1[N+](=O)[O-]. The van der Waals surface area contributed by atoms with Crippen LogP contribution in [0.15, 0.2) is 18.2 Å². The maximum Gasteiger partial charge on any atom is 0.274 e. The molecule has 0 aliphatic heterocycles. The first kappa shape index (κ1) is 13.2. The minimum atomic E-state index is -0.528. The lowest BCUT2D eigenvalue weighted by molar-refractivity contribution is -0.385. The van der Waals surface area contributed by atoms with Gasteiger partial charge in [0.2, 0.25) is 5.91 Å². The number of carbonyl (C=O) groups is 1. The Labute approximate surface area is 100.0 Å². The lowest BCUT2D eigenvalue weighted by Crippen LogP contribution is -2.27. The lowest BCUT2D eigenvalue weighted by atomic mass is 9.95. The number of benzene rings is 1. The number of carbonyl (C=O) groups excluding carboxylic acids is 1. The highest BCUT2D eigenvalue weighted by molar-refractivity contribution is 5.94. The lowest BCUT2D eigenvalue weighted by Gasteiger charge is -2.17. The Hall–Kier alpha value is -1.91. The van der Waals surface area contributed by atoms with Crippen LogP contribution in [0, 0.1) is 22.5 Å². The van der Waals surface area contributed by atoms with Crippen LogP contribution in [0.3, 0.4) is 0 Å². The summed E-state index contributed by atoms with van der Waals surface area (Å²) in [7, 11) is 0. The van der Waals surface area contributed by atoms with Crippen LogP contribution in [0.5, 0.6) is 0 Å². The molecule has 0 radical (unpaired) electrons. The van der Waals surface area contributed by atoms with Crippen molar-refractivity contribution in [3.63, 3.8) is 0 Å². The van der Waals surface area contributed by atoms with E-state index in [1.165, 1.54) is 6.07 Å². The van der Waals surface area contributed by atoms with Gasteiger partial charge in [-0.2, -0.15) is 0 Å². The maximum atomic E-state index is 11.7. The molecule has 0 aliphatic carbocycles. The quantitative estimate of drug-likeness (QED) is 0.633. The summed E-state index contributed by atoms with van der Waals surface area (Å²) in [6.07, 6.45) is 0. The fourth-order valence-corrected chi connectivity index (χ4v) is 1.20. The molecule has 5 heteroatoms. The van der Waals surface area contributed by atoms with Crippen LogP contribution in [0.4, 0.5) is 11.4 Å². The summed E-state index contributed by atoms with van der Waals surface area (Å²) < 4.78 is 0. The smallest absolute Gasteiger partial charge is 0.274 e. The maximum absolute atomic E-state index is 11.7. The topological polar surface area (TPSA) is 72.2 Å². The Balaban J connectivity index is 2.98. The Kier molecular flexibility index (Phi) is 3.50. The molecular weight excluding hydrogens is 220 g/mol. The van der Waals surface area contributed by atoms with Crippen molar-refractivity contribution in [3.8, 4) is 0 Å². The molecular formula is C12H16N2O3. The highest BCUT2D eigenvalue weighted by atomic mass is 16.6. The van der Waals surface area contributed by atoms with Gasteiger partial charge in [0.15, 0.2) is 0 Å². The number of nitro benzene ring substituents is 1. The van der Waals surface area contributed by atoms with Crippen LogP contribution in [0.2, 0.25) is 0 Å². The second kappa shape index (κ2) is 4.53. The first-order valence-electron chi connectivity index (χ1n) is 5.28. The largest absolute Gasteiger partial charge is 0.325 e. The molecule has 1 aromatic rings. The average molecular weight is 236 g/mol. The molecule has 0 fully saturated rings. The number of hydrogen-bond acceptors (Lipinski definition) is 3. The van der Waals surface area contributed by atoms with Crippen LogP contribution in [0.1, 0.15) is 26.3 Å². The van der Waals surface area contributed by atoms with E-state index in [0.717, 1.165) is 0 Å². The number of rotatable bonds is 2. The molecule has 92 valence electrons. The summed E-state index contributed by atoms with van der Waals surface area (Å²) >= 11 is 0. The van der Waals surface area contributed by atoms with Crippen molar-refractivity contribution in [3.05, 3.63) is 33.9 Å². The van der Waals surface area contributed by atoms with Crippen LogP contribution >= 0.6 is 0 Å². The summed E-state index contributed by atoms with van der Waals surface area (Å²) in [5, 5.41) is 13.4. The number of nitrogens with one attached hydrogen (secondary N) is 1. The standard InChI is InChI=1S/C12H16N2O3/c1-8-5-6-9(7-10(8)14(16)17)13-11(15)12(2,3)4/h5-7H,1-4H3,(H,13,15). The van der Waals surface area contributed by atoms with Crippen molar-refractivity contribution in [2.75, 3.05) is 5.32 Å². The zero-order valence-corrected chi connectivity index (χ0v) is 10.4. The Morgan fingerprint density at radius 2 is 1.94 bits per heavy atom. The zero-order chi connectivity index (χ0) is 13.2. The molecule has 0 aromatic heterocycles. The van der Waals surface area contributed by atoms with E-state index in [0.29, 0.717) is 11.3 Å². The molecule has 0 spiro atoms. The number of nitrogens with zero attached hydrogens (tertiary/aromatic N) is 1. The van der Waals surface area contributed by atoms with Gasteiger partial charge in [0, 0.05) is 22.7 Å². The molecule has 17 heavy (non-hydrogen) atoms. The number of amides is 1. The van der Waals surface area contributed by atoms with Crippen LogP contribution in [0.25, 0.3) is 0 Å². The minimum absolute atomic E-state index is 0.0108. The average Bonchev–Trinajstić information content (AvgIpc) is 2.19. The van der Waals surface area contributed by atoms with E-state index in [1.54, 1.807) is 39.8 Å². The molecule has 1 rings (SSSR count). The van der Waals surface area contributed by atoms with Gasteiger partial charge in [0.1, 0.15) is 0 Å². The van der Waals surface area contributed by atoms with Crippen LogP contribution in [-0.4, -0.2) is 10.8 Å². The predicted octanol–water partition coefficient (Wildman–Crippen LogP) is 2.89. The van der Waals surface area contributed by atoms with Crippen LogP contribution < -0.4 is 5.32 Å². The van der Waals surface area contributed by atoms with Gasteiger partial charge < -0.3 is 5.32 Å². The van der Waals surface area contributed by atoms with E-state index in [4.69, 9.17) is 0 Å². The minimum Gasteiger partial charge on any atom is -0.325 e. The number of aryl methyl sites for hydroxylation is 1. The first-order valence-corrected chi connectivity index (χ1v) is 5.28. The third-order valence-corrected chi connectivity index (χ3v) is 2.34. The third-order valence-electron chi connectivity index (χ3n) is 2.34. The highest BCUT2D eigenvalue weighted by Gasteiger charge is 2.22. The van der Waals surface area contributed by atoms with E-state index in [-0.39, 0.29) is 11.6 Å². The molecule has 0 atom stereocenters. The van der Waals surface area contributed by atoms with Gasteiger partial charge in [0.25, 0.3) is 5.69 Å². The molecule has 0 saturated carbocycles.